The third-order valence-corrected chi connectivity index (χ3v) is 2.73. The Balaban J connectivity index is 2.80. The van der Waals surface area contributed by atoms with Crippen LogP contribution >= 0.6 is 0 Å². The minimum absolute atomic E-state index is 0.154. The Labute approximate surface area is 101 Å². The van der Waals surface area contributed by atoms with E-state index in [0.29, 0.717) is 6.42 Å². The monoisotopic (exact) mass is 238 g/mol. The van der Waals surface area contributed by atoms with Gasteiger partial charge in [0.1, 0.15) is 18.0 Å². The third kappa shape index (κ3) is 3.46. The normalized spacial score (nSPS) is 14.1. The number of hydrogen-bond acceptors (Lipinski definition) is 4. The lowest BCUT2D eigenvalue weighted by molar-refractivity contribution is -0.152. The molecule has 4 nitrogen and oxygen atoms in total. The Kier molecular flexibility index (Phi) is 4.52. The predicted molar refractivity (Wildman–Crippen MR) is 63.7 cm³/mol. The first-order valence-corrected chi connectivity index (χ1v) is 5.52. The Hall–Kier alpha value is -1.55. The number of carbonyl (C=O) groups excluding carboxylic acids is 1. The van der Waals surface area contributed by atoms with Gasteiger partial charge < -0.3 is 14.6 Å². The highest BCUT2D eigenvalue weighted by molar-refractivity contribution is 5.68. The van der Waals surface area contributed by atoms with Crippen molar-refractivity contribution >= 4 is 5.97 Å². The molecule has 0 aliphatic heterocycles. The second-order valence-electron chi connectivity index (χ2n) is 4.00. The molecule has 1 atom stereocenters. The fourth-order valence-corrected chi connectivity index (χ4v) is 1.39. The van der Waals surface area contributed by atoms with Crippen molar-refractivity contribution in [3.63, 3.8) is 0 Å². The van der Waals surface area contributed by atoms with Crippen LogP contribution in [0.5, 0.6) is 5.75 Å². The molecule has 0 radical (unpaired) electrons. The number of hydrogen-bond donors (Lipinski definition) is 1. The lowest BCUT2D eigenvalue weighted by Crippen LogP contribution is -2.31. The number of methoxy groups -OCH3 is 1. The fourth-order valence-electron chi connectivity index (χ4n) is 1.39. The van der Waals surface area contributed by atoms with E-state index in [1.165, 1.54) is 0 Å². The van der Waals surface area contributed by atoms with Gasteiger partial charge in [0, 0.05) is 13.5 Å². The van der Waals surface area contributed by atoms with E-state index in [-0.39, 0.29) is 18.3 Å². The number of rotatable bonds is 5. The van der Waals surface area contributed by atoms with Crippen molar-refractivity contribution in [3.8, 4) is 5.75 Å². The number of ether oxygens (including phenoxy) is 2. The molecule has 0 amide bonds. The van der Waals surface area contributed by atoms with E-state index in [9.17, 15) is 9.90 Å². The largest absolute Gasteiger partial charge is 0.508 e. The maximum Gasteiger partial charge on any atom is 0.305 e. The first kappa shape index (κ1) is 13.5. The lowest BCUT2D eigenvalue weighted by Gasteiger charge is -2.28. The van der Waals surface area contributed by atoms with Gasteiger partial charge in [0.25, 0.3) is 0 Å². The van der Waals surface area contributed by atoms with Gasteiger partial charge in [-0.2, -0.15) is 0 Å². The number of carbonyl (C=O) groups is 1. The van der Waals surface area contributed by atoms with E-state index in [2.05, 4.69) is 0 Å². The molecule has 1 aromatic rings. The highest BCUT2D eigenvalue weighted by atomic mass is 16.6. The summed E-state index contributed by atoms with van der Waals surface area (Å²) in [5.41, 5.74) is 0.153. The maximum atomic E-state index is 11.1. The smallest absolute Gasteiger partial charge is 0.305 e. The van der Waals surface area contributed by atoms with E-state index < -0.39 is 5.60 Å². The minimum Gasteiger partial charge on any atom is -0.508 e. The maximum absolute atomic E-state index is 11.1. The molecule has 1 N–H and O–H groups in total. The second-order valence-corrected chi connectivity index (χ2v) is 4.00. The summed E-state index contributed by atoms with van der Waals surface area (Å²) in [4.78, 5) is 11.1. The molecular formula is C13H18O4. The van der Waals surface area contributed by atoms with Gasteiger partial charge in [-0.3, -0.25) is 4.79 Å². The SMILES string of the molecule is CCC(=O)OCC(C)(OC)c1ccc(O)cc1. The van der Waals surface area contributed by atoms with Crippen LogP contribution in [0.3, 0.4) is 0 Å². The number of benzene rings is 1. The second kappa shape index (κ2) is 5.68. The van der Waals surface area contributed by atoms with Crippen LogP contribution in [0, 0.1) is 0 Å². The lowest BCUT2D eigenvalue weighted by atomic mass is 9.96. The summed E-state index contributed by atoms with van der Waals surface area (Å²) in [6.45, 7) is 3.73. The van der Waals surface area contributed by atoms with Gasteiger partial charge >= 0.3 is 5.97 Å². The van der Waals surface area contributed by atoms with Gasteiger partial charge in [0.15, 0.2) is 0 Å². The summed E-state index contributed by atoms with van der Waals surface area (Å²) < 4.78 is 10.5. The van der Waals surface area contributed by atoms with Gasteiger partial charge in [-0.1, -0.05) is 19.1 Å². The topological polar surface area (TPSA) is 55.8 Å². The Morgan fingerprint density at radius 1 is 1.35 bits per heavy atom. The van der Waals surface area contributed by atoms with Crippen LogP contribution in [-0.4, -0.2) is 24.8 Å². The molecule has 94 valence electrons. The van der Waals surface area contributed by atoms with E-state index in [1.807, 2.05) is 6.92 Å². The van der Waals surface area contributed by atoms with Crippen LogP contribution in [0.2, 0.25) is 0 Å². The molecule has 0 aromatic heterocycles. The van der Waals surface area contributed by atoms with Crippen molar-refractivity contribution in [1.82, 2.24) is 0 Å². The summed E-state index contributed by atoms with van der Waals surface area (Å²) >= 11 is 0. The van der Waals surface area contributed by atoms with Crippen molar-refractivity contribution in [2.75, 3.05) is 13.7 Å². The molecular weight excluding hydrogens is 220 g/mol. The van der Waals surface area contributed by atoms with Crippen LogP contribution in [0.15, 0.2) is 24.3 Å². The van der Waals surface area contributed by atoms with Crippen LogP contribution in [0.4, 0.5) is 0 Å². The zero-order valence-electron chi connectivity index (χ0n) is 10.4. The zero-order chi connectivity index (χ0) is 12.9. The molecule has 0 saturated heterocycles. The number of aromatic hydroxyl groups is 1. The van der Waals surface area contributed by atoms with E-state index in [0.717, 1.165) is 5.56 Å². The number of phenolic OH excluding ortho intramolecular Hbond substituents is 1. The predicted octanol–water partition coefficient (Wildman–Crippen LogP) is 2.21. The molecule has 0 spiro atoms. The molecule has 0 saturated carbocycles. The Morgan fingerprint density at radius 3 is 2.41 bits per heavy atom. The standard InChI is InChI=1S/C13H18O4/c1-4-12(15)17-9-13(2,16-3)10-5-7-11(14)8-6-10/h5-8,14H,4,9H2,1-3H3. The third-order valence-electron chi connectivity index (χ3n) is 2.73. The summed E-state index contributed by atoms with van der Waals surface area (Å²) in [6, 6.07) is 6.65. The average Bonchev–Trinajstić information content (AvgIpc) is 2.36. The first-order valence-electron chi connectivity index (χ1n) is 5.52. The van der Waals surface area contributed by atoms with E-state index in [1.54, 1.807) is 38.3 Å². The molecule has 0 fully saturated rings. The van der Waals surface area contributed by atoms with Crippen molar-refractivity contribution < 1.29 is 19.4 Å². The fraction of sp³-hybridized carbons (Fsp3) is 0.462. The summed E-state index contributed by atoms with van der Waals surface area (Å²) in [5, 5.41) is 9.23. The summed E-state index contributed by atoms with van der Waals surface area (Å²) in [7, 11) is 1.56. The van der Waals surface area contributed by atoms with Gasteiger partial charge in [-0.15, -0.1) is 0 Å². The molecule has 1 aromatic carbocycles. The molecule has 4 heteroatoms. The summed E-state index contributed by atoms with van der Waals surface area (Å²) in [5.74, 6) is -0.0650. The molecule has 0 bridgehead atoms. The van der Waals surface area contributed by atoms with Crippen molar-refractivity contribution in [1.29, 1.82) is 0 Å². The van der Waals surface area contributed by atoms with Gasteiger partial charge in [0.2, 0.25) is 0 Å². The Morgan fingerprint density at radius 2 is 1.94 bits per heavy atom. The number of esters is 1. The summed E-state index contributed by atoms with van der Waals surface area (Å²) in [6.07, 6.45) is 0.343. The van der Waals surface area contributed by atoms with Crippen molar-refractivity contribution in [2.24, 2.45) is 0 Å². The molecule has 17 heavy (non-hydrogen) atoms. The van der Waals surface area contributed by atoms with E-state index in [4.69, 9.17) is 9.47 Å². The zero-order valence-corrected chi connectivity index (χ0v) is 10.4. The van der Waals surface area contributed by atoms with Crippen LogP contribution in [0.1, 0.15) is 25.8 Å². The quantitative estimate of drug-likeness (QED) is 0.799. The van der Waals surface area contributed by atoms with Crippen LogP contribution in [0.25, 0.3) is 0 Å². The van der Waals surface area contributed by atoms with Crippen molar-refractivity contribution in [2.45, 2.75) is 25.9 Å². The van der Waals surface area contributed by atoms with Gasteiger partial charge in [-0.05, 0) is 24.6 Å². The molecule has 1 rings (SSSR count). The highest BCUT2D eigenvalue weighted by Gasteiger charge is 2.28. The highest BCUT2D eigenvalue weighted by Crippen LogP contribution is 2.26. The van der Waals surface area contributed by atoms with Gasteiger partial charge in [0.05, 0.1) is 0 Å². The van der Waals surface area contributed by atoms with Crippen LogP contribution < -0.4 is 0 Å². The van der Waals surface area contributed by atoms with Gasteiger partial charge in [-0.25, -0.2) is 0 Å². The molecule has 0 heterocycles. The molecule has 0 aliphatic carbocycles. The van der Waals surface area contributed by atoms with E-state index >= 15 is 0 Å². The number of phenols is 1. The average molecular weight is 238 g/mol. The minimum atomic E-state index is -0.696. The molecule has 1 unspecified atom stereocenters. The van der Waals surface area contributed by atoms with Crippen molar-refractivity contribution in [3.05, 3.63) is 29.8 Å². The van der Waals surface area contributed by atoms with Crippen LogP contribution in [-0.2, 0) is 19.9 Å². The first-order chi connectivity index (χ1) is 8.01. The Bertz CT molecular complexity index is 372. The molecule has 0 aliphatic rings.